The van der Waals surface area contributed by atoms with Crippen molar-refractivity contribution < 1.29 is 4.55 Å². The molecule has 0 bridgehead atoms. The molecule has 0 spiro atoms. The predicted octanol–water partition coefficient (Wildman–Crippen LogP) is 0.879. The lowest BCUT2D eigenvalue weighted by Crippen LogP contribution is -2.29. The van der Waals surface area contributed by atoms with Crippen LogP contribution in [0.4, 0.5) is 0 Å². The lowest BCUT2D eigenvalue weighted by molar-refractivity contribution is 0.427. The molecule has 0 aromatic rings. The topological polar surface area (TPSA) is 38.7 Å². The van der Waals surface area contributed by atoms with E-state index in [1.165, 1.54) is 38.2 Å². The number of rotatable bonds is 0. The fraction of sp³-hybridized carbons (Fsp3) is 0.889. The van der Waals surface area contributed by atoms with E-state index in [1.54, 1.807) is 12.5 Å². The first kappa shape index (κ1) is 10.9. The summed E-state index contributed by atoms with van der Waals surface area (Å²) in [5.41, 5.74) is 0. The van der Waals surface area contributed by atoms with E-state index in [0.717, 1.165) is 6.54 Å². The Labute approximate surface area is 83.4 Å². The molecule has 0 radical (unpaired) electrons. The highest BCUT2D eigenvalue weighted by molar-refractivity contribution is 7.89. The van der Waals surface area contributed by atoms with Gasteiger partial charge in [-0.25, -0.2) is 0 Å². The van der Waals surface area contributed by atoms with E-state index in [2.05, 4.69) is 9.89 Å². The normalized spacial score (nSPS) is 20.6. The molecule has 2 aliphatic heterocycles. The monoisotopic (exact) mass is 202 g/mol. The van der Waals surface area contributed by atoms with Crippen LogP contribution in [-0.2, 0) is 11.2 Å². The van der Waals surface area contributed by atoms with Gasteiger partial charge in [0, 0.05) is 26.1 Å². The number of amidine groups is 1. The van der Waals surface area contributed by atoms with Crippen LogP contribution >= 0.6 is 0 Å². The molecule has 2 rings (SSSR count). The Morgan fingerprint density at radius 1 is 1.31 bits per heavy atom. The van der Waals surface area contributed by atoms with E-state index < -0.39 is 11.2 Å². The molecule has 0 atom stereocenters. The van der Waals surface area contributed by atoms with Crippen molar-refractivity contribution in [2.45, 2.75) is 19.3 Å². The molecule has 1 saturated heterocycles. The van der Waals surface area contributed by atoms with Gasteiger partial charge >= 0.3 is 0 Å². The van der Waals surface area contributed by atoms with Gasteiger partial charge in [-0.3, -0.25) is 4.99 Å². The molecule has 0 amide bonds. The third kappa shape index (κ3) is 4.00. The minimum absolute atomic E-state index is 0.611. The third-order valence-corrected chi connectivity index (χ3v) is 2.07. The molecule has 0 saturated carbocycles. The second-order valence-electron chi connectivity index (χ2n) is 3.48. The van der Waals surface area contributed by atoms with Gasteiger partial charge in [-0.1, -0.05) is 11.2 Å². The summed E-state index contributed by atoms with van der Waals surface area (Å²) in [6, 6.07) is 0. The van der Waals surface area contributed by atoms with Crippen LogP contribution in [0.15, 0.2) is 4.99 Å². The summed E-state index contributed by atoms with van der Waals surface area (Å²) in [5, 5.41) is 0. The maximum atomic E-state index is 9.56. The first-order chi connectivity index (χ1) is 6.20. The highest BCUT2D eigenvalue weighted by Gasteiger charge is 2.19. The van der Waals surface area contributed by atoms with Gasteiger partial charge in [0.05, 0.1) is 18.3 Å². The molecule has 0 unspecified atom stereocenters. The molecule has 2 aliphatic rings. The van der Waals surface area contributed by atoms with Crippen molar-refractivity contribution in [2.24, 2.45) is 4.99 Å². The lowest BCUT2D eigenvalue weighted by atomic mass is 10.3. The molecule has 3 nitrogen and oxygen atoms in total. The van der Waals surface area contributed by atoms with E-state index in [0.29, 0.717) is 0 Å². The molecular formula is C9H18N2OS. The lowest BCUT2D eigenvalue weighted by Gasteiger charge is -2.21. The summed E-state index contributed by atoms with van der Waals surface area (Å²) in [6.07, 6.45) is 7.11. The minimum Gasteiger partial charge on any atom is -0.617 e. The van der Waals surface area contributed by atoms with E-state index in [1.807, 2.05) is 0 Å². The van der Waals surface area contributed by atoms with E-state index in [-0.39, 0.29) is 0 Å². The molecule has 0 N–H and O–H groups in total. The second kappa shape index (κ2) is 5.50. The zero-order valence-corrected chi connectivity index (χ0v) is 9.27. The molecule has 0 aromatic carbocycles. The first-order valence-corrected chi connectivity index (χ1v) is 6.70. The Hall–Kier alpha value is -0.220. The highest BCUT2D eigenvalue weighted by Crippen LogP contribution is 2.14. The van der Waals surface area contributed by atoms with E-state index in [4.69, 9.17) is 0 Å². The largest absolute Gasteiger partial charge is 0.617 e. The van der Waals surface area contributed by atoms with Crippen LogP contribution in [0.1, 0.15) is 19.3 Å². The fourth-order valence-electron chi connectivity index (χ4n) is 1.60. The predicted molar refractivity (Wildman–Crippen MR) is 57.7 cm³/mol. The Kier molecular flexibility index (Phi) is 4.59. The molecule has 0 aromatic heterocycles. The Bertz CT molecular complexity index is 180. The summed E-state index contributed by atoms with van der Waals surface area (Å²) >= 11 is -0.611. The highest BCUT2D eigenvalue weighted by atomic mass is 32.2. The van der Waals surface area contributed by atoms with Gasteiger partial charge in [0.25, 0.3) is 0 Å². The summed E-state index contributed by atoms with van der Waals surface area (Å²) in [4.78, 5) is 6.85. The molecule has 0 aliphatic carbocycles. The zero-order valence-electron chi connectivity index (χ0n) is 8.45. The summed E-state index contributed by atoms with van der Waals surface area (Å²) < 4.78 is 9.56. The van der Waals surface area contributed by atoms with Crippen molar-refractivity contribution in [1.82, 2.24) is 4.90 Å². The Morgan fingerprint density at radius 2 is 1.92 bits per heavy atom. The number of aliphatic imine (C=N–C) groups is 1. The van der Waals surface area contributed by atoms with Gasteiger partial charge in [0.1, 0.15) is 0 Å². The first-order valence-electron chi connectivity index (χ1n) is 4.73. The molecule has 2 heterocycles. The molecular weight excluding hydrogens is 184 g/mol. The smallest absolute Gasteiger partial charge is 0.0989 e. The van der Waals surface area contributed by atoms with Crippen molar-refractivity contribution in [3.05, 3.63) is 0 Å². The minimum atomic E-state index is -0.611. The Balaban J connectivity index is 0.000000184. The van der Waals surface area contributed by atoms with Crippen LogP contribution in [0, 0.1) is 0 Å². The summed E-state index contributed by atoms with van der Waals surface area (Å²) in [5.74, 6) is 1.38. The third-order valence-electron chi connectivity index (χ3n) is 2.07. The van der Waals surface area contributed by atoms with Crippen molar-refractivity contribution >= 4 is 17.0 Å². The van der Waals surface area contributed by atoms with Crippen LogP contribution in [0.3, 0.4) is 0 Å². The summed E-state index contributed by atoms with van der Waals surface area (Å²) in [6.45, 7) is 3.60. The molecule has 13 heavy (non-hydrogen) atoms. The Morgan fingerprint density at radius 3 is 2.54 bits per heavy atom. The van der Waals surface area contributed by atoms with Crippen LogP contribution in [0.25, 0.3) is 0 Å². The fourth-order valence-corrected chi connectivity index (χ4v) is 1.60. The van der Waals surface area contributed by atoms with Crippen molar-refractivity contribution in [1.29, 1.82) is 0 Å². The molecule has 76 valence electrons. The SMILES string of the molecule is C1CN=C2CCCN2C1.C[S+](C)[O-]. The number of fused-ring (bicyclic) bond motifs is 1. The van der Waals surface area contributed by atoms with Gasteiger partial charge in [-0.05, 0) is 12.8 Å². The quantitative estimate of drug-likeness (QED) is 0.547. The number of nitrogens with zero attached hydrogens (tertiary/aromatic N) is 2. The van der Waals surface area contributed by atoms with E-state index in [9.17, 15) is 4.55 Å². The van der Waals surface area contributed by atoms with Crippen molar-refractivity contribution in [2.75, 3.05) is 32.1 Å². The van der Waals surface area contributed by atoms with Crippen LogP contribution < -0.4 is 0 Å². The van der Waals surface area contributed by atoms with Crippen LogP contribution in [0.2, 0.25) is 0 Å². The standard InChI is InChI=1S/C7H12N2.C2H6OS/c1-3-7-8-4-2-6-9(7)5-1;1-4(2)3/h1-6H2;1-2H3. The maximum absolute atomic E-state index is 9.56. The number of hydrogen-bond acceptors (Lipinski definition) is 3. The van der Waals surface area contributed by atoms with Crippen LogP contribution in [0.5, 0.6) is 0 Å². The van der Waals surface area contributed by atoms with Gasteiger partial charge in [0.2, 0.25) is 0 Å². The van der Waals surface area contributed by atoms with Gasteiger partial charge in [0.15, 0.2) is 0 Å². The van der Waals surface area contributed by atoms with Gasteiger partial charge in [-0.2, -0.15) is 0 Å². The van der Waals surface area contributed by atoms with Crippen molar-refractivity contribution in [3.8, 4) is 0 Å². The summed E-state index contributed by atoms with van der Waals surface area (Å²) in [7, 11) is 0. The maximum Gasteiger partial charge on any atom is 0.0989 e. The van der Waals surface area contributed by atoms with E-state index >= 15 is 0 Å². The number of hydrogen-bond donors (Lipinski definition) is 0. The van der Waals surface area contributed by atoms with Gasteiger partial charge < -0.3 is 9.45 Å². The average Bonchev–Trinajstić information content (AvgIpc) is 2.49. The average molecular weight is 202 g/mol. The molecule has 1 fully saturated rings. The zero-order chi connectivity index (χ0) is 9.68. The molecule has 4 heteroatoms. The van der Waals surface area contributed by atoms with Gasteiger partial charge in [-0.15, -0.1) is 0 Å². The van der Waals surface area contributed by atoms with Crippen molar-refractivity contribution in [3.63, 3.8) is 0 Å². The van der Waals surface area contributed by atoms with Crippen LogP contribution in [-0.4, -0.2) is 47.4 Å². The second-order valence-corrected chi connectivity index (χ2v) is 4.97.